The van der Waals surface area contributed by atoms with Crippen LogP contribution in [0.4, 0.5) is 10.5 Å². The zero-order valence-electron chi connectivity index (χ0n) is 12.5. The Balaban J connectivity index is 2.46. The number of Topliss-reactive ketones (excluding diaryl/α,β-unsaturated/α-hetero) is 1. The molecule has 0 fully saturated rings. The highest BCUT2D eigenvalue weighted by Crippen LogP contribution is 2.10. The van der Waals surface area contributed by atoms with Crippen molar-refractivity contribution in [2.24, 2.45) is 0 Å². The smallest absolute Gasteiger partial charge is 0.321 e. The number of carbonyl (C=O) groups excluding carboxylic acids is 2. The second-order valence-corrected chi connectivity index (χ2v) is 4.90. The van der Waals surface area contributed by atoms with Crippen LogP contribution in [0.25, 0.3) is 0 Å². The summed E-state index contributed by atoms with van der Waals surface area (Å²) in [6.07, 6.45) is 0.158. The van der Waals surface area contributed by atoms with E-state index in [0.717, 1.165) is 0 Å². The van der Waals surface area contributed by atoms with Crippen LogP contribution in [0.2, 0.25) is 0 Å². The number of nitrogens with one attached hydrogen (secondary N) is 1. The molecule has 1 aromatic rings. The molecule has 0 aliphatic rings. The van der Waals surface area contributed by atoms with E-state index in [-0.39, 0.29) is 17.9 Å². The number of ketones is 1. The van der Waals surface area contributed by atoms with Crippen molar-refractivity contribution in [3.8, 4) is 0 Å². The maximum Gasteiger partial charge on any atom is 0.321 e. The number of amides is 2. The van der Waals surface area contributed by atoms with Crippen molar-refractivity contribution in [3.63, 3.8) is 0 Å². The van der Waals surface area contributed by atoms with Crippen molar-refractivity contribution in [1.29, 1.82) is 0 Å². The summed E-state index contributed by atoms with van der Waals surface area (Å²) in [7, 11) is 1.71. The molecule has 5 nitrogen and oxygen atoms in total. The predicted octanol–water partition coefficient (Wildman–Crippen LogP) is 2.78. The van der Waals surface area contributed by atoms with Crippen molar-refractivity contribution in [1.82, 2.24) is 4.90 Å². The van der Waals surface area contributed by atoms with Gasteiger partial charge in [0.05, 0.1) is 12.7 Å². The molecule has 0 radical (unpaired) electrons. The molecule has 0 heterocycles. The summed E-state index contributed by atoms with van der Waals surface area (Å²) in [5.41, 5.74) is 1.29. The second-order valence-electron chi connectivity index (χ2n) is 4.90. The number of likely N-dealkylation sites (N-methyl/N-ethyl adjacent to an activating group) is 1. The number of nitrogens with zero attached hydrogens (tertiary/aromatic N) is 1. The van der Waals surface area contributed by atoms with Gasteiger partial charge in [-0.25, -0.2) is 4.79 Å². The number of rotatable bonds is 6. The maximum atomic E-state index is 11.9. The third-order valence-corrected chi connectivity index (χ3v) is 2.77. The maximum absolute atomic E-state index is 11.9. The van der Waals surface area contributed by atoms with Crippen molar-refractivity contribution in [3.05, 3.63) is 29.8 Å². The van der Waals surface area contributed by atoms with Gasteiger partial charge in [-0.1, -0.05) is 0 Å². The minimum Gasteiger partial charge on any atom is -0.377 e. The first-order valence-corrected chi connectivity index (χ1v) is 6.65. The summed E-state index contributed by atoms with van der Waals surface area (Å²) in [4.78, 5) is 24.6. The van der Waals surface area contributed by atoms with Gasteiger partial charge in [-0.15, -0.1) is 0 Å². The van der Waals surface area contributed by atoms with E-state index in [1.807, 2.05) is 13.8 Å². The molecule has 0 saturated heterocycles. The number of hydrogen-bond acceptors (Lipinski definition) is 3. The number of ether oxygens (including phenoxy) is 1. The van der Waals surface area contributed by atoms with E-state index in [1.54, 1.807) is 36.2 Å². The monoisotopic (exact) mass is 278 g/mol. The lowest BCUT2D eigenvalue weighted by atomic mass is 10.1. The lowest BCUT2D eigenvalue weighted by Gasteiger charge is -2.18. The van der Waals surface area contributed by atoms with E-state index in [0.29, 0.717) is 24.4 Å². The zero-order valence-corrected chi connectivity index (χ0v) is 12.5. The first-order chi connectivity index (χ1) is 9.40. The van der Waals surface area contributed by atoms with Crippen LogP contribution in [0.3, 0.4) is 0 Å². The zero-order chi connectivity index (χ0) is 15.1. The quantitative estimate of drug-likeness (QED) is 0.814. The number of benzene rings is 1. The van der Waals surface area contributed by atoms with Crippen LogP contribution in [0.15, 0.2) is 24.3 Å². The van der Waals surface area contributed by atoms with E-state index < -0.39 is 0 Å². The van der Waals surface area contributed by atoms with Crippen molar-refractivity contribution in [2.75, 3.05) is 25.5 Å². The van der Waals surface area contributed by atoms with E-state index >= 15 is 0 Å². The molecule has 1 N–H and O–H groups in total. The number of urea groups is 1. The fourth-order valence-electron chi connectivity index (χ4n) is 1.53. The molecule has 110 valence electrons. The minimum absolute atomic E-state index is 0.00540. The molecular formula is C15H22N2O3. The van der Waals surface area contributed by atoms with Crippen molar-refractivity contribution >= 4 is 17.5 Å². The molecule has 0 atom stereocenters. The third-order valence-electron chi connectivity index (χ3n) is 2.77. The standard InChI is InChI=1S/C15H22N2O3/c1-11(2)20-10-9-17(4)15(19)16-14-7-5-13(6-8-14)12(3)18/h5-8,11H,9-10H2,1-4H3,(H,16,19). The highest BCUT2D eigenvalue weighted by molar-refractivity contribution is 5.95. The van der Waals surface area contributed by atoms with Gasteiger partial charge < -0.3 is 15.0 Å². The van der Waals surface area contributed by atoms with Gasteiger partial charge in [0.15, 0.2) is 5.78 Å². The molecule has 5 heteroatoms. The summed E-state index contributed by atoms with van der Waals surface area (Å²) in [5.74, 6) is 0.00540. The summed E-state index contributed by atoms with van der Waals surface area (Å²) in [5, 5.41) is 2.77. The third kappa shape index (κ3) is 5.40. The van der Waals surface area contributed by atoms with Gasteiger partial charge in [-0.2, -0.15) is 0 Å². The minimum atomic E-state index is -0.201. The van der Waals surface area contributed by atoms with E-state index in [9.17, 15) is 9.59 Å². The topological polar surface area (TPSA) is 58.6 Å². The normalized spacial score (nSPS) is 10.4. The van der Waals surface area contributed by atoms with Gasteiger partial charge >= 0.3 is 6.03 Å². The highest BCUT2D eigenvalue weighted by Gasteiger charge is 2.09. The Morgan fingerprint density at radius 3 is 2.35 bits per heavy atom. The van der Waals surface area contributed by atoms with Crippen LogP contribution in [-0.2, 0) is 4.74 Å². The predicted molar refractivity (Wildman–Crippen MR) is 79.2 cm³/mol. The molecule has 0 saturated carbocycles. The fraction of sp³-hybridized carbons (Fsp3) is 0.467. The molecule has 0 spiro atoms. The molecule has 1 rings (SSSR count). The van der Waals surface area contributed by atoms with Crippen LogP contribution in [0.1, 0.15) is 31.1 Å². The molecule has 0 aliphatic carbocycles. The molecular weight excluding hydrogens is 256 g/mol. The highest BCUT2D eigenvalue weighted by atomic mass is 16.5. The Kier molecular flexibility index (Phi) is 6.18. The Hall–Kier alpha value is -1.88. The number of anilines is 1. The van der Waals surface area contributed by atoms with Crippen LogP contribution in [0.5, 0.6) is 0 Å². The fourth-order valence-corrected chi connectivity index (χ4v) is 1.53. The molecule has 20 heavy (non-hydrogen) atoms. The Morgan fingerprint density at radius 2 is 1.85 bits per heavy atom. The van der Waals surface area contributed by atoms with Crippen molar-refractivity contribution in [2.45, 2.75) is 26.9 Å². The first kappa shape index (κ1) is 16.2. The second kappa shape index (κ2) is 7.65. The van der Waals surface area contributed by atoms with Gasteiger partial charge in [0.2, 0.25) is 0 Å². The molecule has 2 amide bonds. The largest absolute Gasteiger partial charge is 0.377 e. The Labute approximate surface area is 119 Å². The average molecular weight is 278 g/mol. The number of hydrogen-bond donors (Lipinski definition) is 1. The summed E-state index contributed by atoms with van der Waals surface area (Å²) in [6.45, 7) is 6.45. The summed E-state index contributed by atoms with van der Waals surface area (Å²) >= 11 is 0. The van der Waals surface area contributed by atoms with Gasteiger partial charge in [-0.05, 0) is 45.0 Å². The molecule has 1 aromatic carbocycles. The van der Waals surface area contributed by atoms with Crippen LogP contribution in [-0.4, -0.2) is 43.0 Å². The van der Waals surface area contributed by atoms with Crippen LogP contribution >= 0.6 is 0 Å². The molecule has 0 aliphatic heterocycles. The SMILES string of the molecule is CC(=O)c1ccc(NC(=O)N(C)CCOC(C)C)cc1. The van der Waals surface area contributed by atoms with E-state index in [4.69, 9.17) is 4.74 Å². The average Bonchev–Trinajstić information content (AvgIpc) is 2.38. The molecule has 0 aromatic heterocycles. The molecule has 0 bridgehead atoms. The van der Waals surface area contributed by atoms with Gasteiger partial charge in [0.25, 0.3) is 0 Å². The van der Waals surface area contributed by atoms with Crippen molar-refractivity contribution < 1.29 is 14.3 Å². The number of carbonyl (C=O) groups is 2. The first-order valence-electron chi connectivity index (χ1n) is 6.65. The Morgan fingerprint density at radius 1 is 1.25 bits per heavy atom. The van der Waals surface area contributed by atoms with Gasteiger partial charge in [-0.3, -0.25) is 4.79 Å². The summed E-state index contributed by atoms with van der Waals surface area (Å²) < 4.78 is 5.40. The lowest BCUT2D eigenvalue weighted by Crippen LogP contribution is -2.34. The van der Waals surface area contributed by atoms with Gasteiger partial charge in [0.1, 0.15) is 0 Å². The van der Waals surface area contributed by atoms with Crippen LogP contribution in [0, 0.1) is 0 Å². The van der Waals surface area contributed by atoms with Gasteiger partial charge in [0, 0.05) is 24.8 Å². The summed E-state index contributed by atoms with van der Waals surface area (Å²) in [6, 6.07) is 6.62. The Bertz CT molecular complexity index is 455. The lowest BCUT2D eigenvalue weighted by molar-refractivity contribution is 0.0691. The van der Waals surface area contributed by atoms with E-state index in [1.165, 1.54) is 6.92 Å². The molecule has 0 unspecified atom stereocenters. The van der Waals surface area contributed by atoms with E-state index in [2.05, 4.69) is 5.32 Å². The van der Waals surface area contributed by atoms with Crippen LogP contribution < -0.4 is 5.32 Å².